The maximum Gasteiger partial charge on any atom is 0.251 e. The fraction of sp³-hybridized carbons (Fsp3) is 0.360. The van der Waals surface area contributed by atoms with Crippen molar-refractivity contribution in [2.75, 3.05) is 0 Å². The van der Waals surface area contributed by atoms with Crippen LogP contribution >= 0.6 is 0 Å². The van der Waals surface area contributed by atoms with Gasteiger partial charge >= 0.3 is 0 Å². The maximum absolute atomic E-state index is 13.7. The van der Waals surface area contributed by atoms with E-state index in [1.807, 2.05) is 45.0 Å². The number of aryl methyl sites for hydroxylation is 1. The number of nitrogens with one attached hydrogen (secondary N) is 1. The number of hydrogen-bond donors (Lipinski definition) is 1. The fourth-order valence-corrected chi connectivity index (χ4v) is 3.66. The van der Waals surface area contributed by atoms with Gasteiger partial charge in [0.05, 0.1) is 18.3 Å². The molecule has 4 rings (SSSR count). The van der Waals surface area contributed by atoms with E-state index in [1.165, 1.54) is 15.8 Å². The highest BCUT2D eigenvalue weighted by Gasteiger charge is 2.36. The number of para-hydroxylation sites is 1. The minimum absolute atomic E-state index is 0.0862. The van der Waals surface area contributed by atoms with Crippen molar-refractivity contribution in [2.45, 2.75) is 58.8 Å². The second-order valence-electron chi connectivity index (χ2n) is 8.91. The lowest BCUT2D eigenvalue weighted by Gasteiger charge is -2.33. The maximum atomic E-state index is 13.7. The van der Waals surface area contributed by atoms with E-state index in [-0.39, 0.29) is 24.9 Å². The molecular formula is C25H29N5O4. The topological polar surface area (TPSA) is 106 Å². The molecule has 9 nitrogen and oxygen atoms in total. The summed E-state index contributed by atoms with van der Waals surface area (Å²) in [6.07, 6.45) is 2.26. The van der Waals surface area contributed by atoms with Gasteiger partial charge in [0.15, 0.2) is 6.04 Å². The van der Waals surface area contributed by atoms with Crippen LogP contribution in [0.4, 0.5) is 0 Å². The highest BCUT2D eigenvalue weighted by molar-refractivity contribution is 5.89. The quantitative estimate of drug-likeness (QED) is 0.402. The average molecular weight is 464 g/mol. The zero-order chi connectivity index (χ0) is 24.3. The van der Waals surface area contributed by atoms with E-state index in [4.69, 9.17) is 8.83 Å². The monoisotopic (exact) mass is 463 g/mol. The van der Waals surface area contributed by atoms with E-state index in [0.717, 1.165) is 11.9 Å². The summed E-state index contributed by atoms with van der Waals surface area (Å²) in [5.41, 5.74) is 0.961. The Hall–Kier alpha value is -3.88. The Balaban J connectivity index is 1.72. The third kappa shape index (κ3) is 5.03. The first-order chi connectivity index (χ1) is 16.3. The first-order valence-corrected chi connectivity index (χ1v) is 11.3. The Morgan fingerprint density at radius 2 is 1.94 bits per heavy atom. The molecule has 0 aliphatic rings. The molecule has 1 N–H and O–H groups in total. The van der Waals surface area contributed by atoms with Gasteiger partial charge in [0.25, 0.3) is 5.91 Å². The van der Waals surface area contributed by atoms with Crippen LogP contribution in [-0.2, 0) is 22.7 Å². The van der Waals surface area contributed by atoms with Crippen molar-refractivity contribution in [1.82, 2.24) is 25.2 Å². The smallest absolute Gasteiger partial charge is 0.251 e. The minimum atomic E-state index is -0.994. The second kappa shape index (κ2) is 9.54. The summed E-state index contributed by atoms with van der Waals surface area (Å²) < 4.78 is 12.9. The Labute approximate surface area is 197 Å². The van der Waals surface area contributed by atoms with Gasteiger partial charge in [-0.3, -0.25) is 9.59 Å². The summed E-state index contributed by atoms with van der Waals surface area (Å²) in [6, 6.07) is 13.4. The van der Waals surface area contributed by atoms with Crippen LogP contribution in [0.1, 0.15) is 50.5 Å². The third-order valence-electron chi connectivity index (χ3n) is 5.87. The van der Waals surface area contributed by atoms with Crippen molar-refractivity contribution >= 4 is 22.8 Å². The number of hydrogen-bond acceptors (Lipinski definition) is 6. The molecule has 9 heteroatoms. The van der Waals surface area contributed by atoms with Crippen LogP contribution in [0.5, 0.6) is 0 Å². The highest BCUT2D eigenvalue weighted by atomic mass is 16.3. The number of carbonyl (C=O) groups excluding carboxylic acids is 2. The molecule has 0 radical (unpaired) electrons. The van der Waals surface area contributed by atoms with Gasteiger partial charge in [-0.1, -0.05) is 24.3 Å². The number of amides is 2. The van der Waals surface area contributed by atoms with Gasteiger partial charge in [0.2, 0.25) is 5.91 Å². The van der Waals surface area contributed by atoms with Gasteiger partial charge in [-0.2, -0.15) is 0 Å². The molecule has 4 aromatic rings. The normalized spacial score (nSPS) is 12.6. The summed E-state index contributed by atoms with van der Waals surface area (Å²) in [4.78, 5) is 28.8. The molecule has 0 saturated carbocycles. The van der Waals surface area contributed by atoms with E-state index >= 15 is 0 Å². The minimum Gasteiger partial charge on any atom is -0.467 e. The molecule has 2 amide bonds. The van der Waals surface area contributed by atoms with Crippen LogP contribution in [0.15, 0.2) is 63.6 Å². The molecule has 0 aliphatic heterocycles. The summed E-state index contributed by atoms with van der Waals surface area (Å²) in [5.74, 6) is 0.924. The number of carbonyl (C=O) groups is 2. The molecule has 34 heavy (non-hydrogen) atoms. The molecule has 0 bridgehead atoms. The van der Waals surface area contributed by atoms with Crippen molar-refractivity contribution in [3.63, 3.8) is 0 Å². The van der Waals surface area contributed by atoms with Crippen molar-refractivity contribution in [2.24, 2.45) is 0 Å². The van der Waals surface area contributed by atoms with Gasteiger partial charge in [0, 0.05) is 5.54 Å². The Morgan fingerprint density at radius 3 is 2.62 bits per heavy atom. The van der Waals surface area contributed by atoms with Gasteiger partial charge in [-0.25, -0.2) is 4.68 Å². The lowest BCUT2D eigenvalue weighted by molar-refractivity contribution is -0.144. The van der Waals surface area contributed by atoms with Crippen LogP contribution in [0.3, 0.4) is 0 Å². The zero-order valence-electron chi connectivity index (χ0n) is 19.8. The first-order valence-electron chi connectivity index (χ1n) is 11.3. The SMILES string of the molecule is CCC(C)(C)NC(=O)C(c1ccc(C)o1)N(Cc1ccco1)C(=O)Cn1nnc2ccccc21. The van der Waals surface area contributed by atoms with Gasteiger partial charge < -0.3 is 19.1 Å². The molecular weight excluding hydrogens is 434 g/mol. The number of benzene rings is 1. The van der Waals surface area contributed by atoms with E-state index in [1.54, 1.807) is 31.2 Å². The highest BCUT2D eigenvalue weighted by Crippen LogP contribution is 2.27. The molecule has 0 fully saturated rings. The van der Waals surface area contributed by atoms with Crippen molar-refractivity contribution in [1.29, 1.82) is 0 Å². The molecule has 0 spiro atoms. The molecule has 0 saturated heterocycles. The lowest BCUT2D eigenvalue weighted by atomic mass is 10.0. The van der Waals surface area contributed by atoms with Crippen LogP contribution in [0, 0.1) is 6.92 Å². The van der Waals surface area contributed by atoms with Crippen LogP contribution in [-0.4, -0.2) is 37.2 Å². The molecule has 1 aromatic carbocycles. The molecule has 3 aromatic heterocycles. The van der Waals surface area contributed by atoms with Gasteiger partial charge in [0.1, 0.15) is 29.3 Å². The molecule has 0 aliphatic carbocycles. The van der Waals surface area contributed by atoms with Crippen LogP contribution in [0.25, 0.3) is 11.0 Å². The number of aromatic nitrogens is 3. The molecule has 3 heterocycles. The number of nitrogens with zero attached hydrogens (tertiary/aromatic N) is 4. The molecule has 178 valence electrons. The van der Waals surface area contributed by atoms with E-state index in [0.29, 0.717) is 22.8 Å². The second-order valence-corrected chi connectivity index (χ2v) is 8.91. The number of rotatable bonds is 9. The van der Waals surface area contributed by atoms with Crippen molar-refractivity contribution in [3.05, 3.63) is 72.1 Å². The third-order valence-corrected chi connectivity index (χ3v) is 5.87. The fourth-order valence-electron chi connectivity index (χ4n) is 3.66. The zero-order valence-corrected chi connectivity index (χ0v) is 19.8. The standard InChI is InChI=1S/C25H29N5O4/c1-5-25(3,4)26-24(32)23(21-13-12-17(2)34-21)29(15-18-9-8-14-33-18)22(31)16-30-20-11-7-6-10-19(20)27-28-30/h6-14,23H,5,15-16H2,1-4H3,(H,26,32). The Morgan fingerprint density at radius 1 is 1.15 bits per heavy atom. The van der Waals surface area contributed by atoms with E-state index in [2.05, 4.69) is 15.6 Å². The Kier molecular flexibility index (Phi) is 6.54. The summed E-state index contributed by atoms with van der Waals surface area (Å²) in [6.45, 7) is 7.67. The summed E-state index contributed by atoms with van der Waals surface area (Å²) in [5, 5.41) is 11.3. The molecule has 1 atom stereocenters. The van der Waals surface area contributed by atoms with E-state index in [9.17, 15) is 9.59 Å². The van der Waals surface area contributed by atoms with Crippen LogP contribution < -0.4 is 5.32 Å². The van der Waals surface area contributed by atoms with Crippen molar-refractivity contribution in [3.8, 4) is 0 Å². The van der Waals surface area contributed by atoms with Crippen molar-refractivity contribution < 1.29 is 18.4 Å². The number of fused-ring (bicyclic) bond motifs is 1. The summed E-state index contributed by atoms with van der Waals surface area (Å²) in [7, 11) is 0. The van der Waals surface area contributed by atoms with Gasteiger partial charge in [-0.05, 0) is 63.6 Å². The first kappa shape index (κ1) is 23.3. The predicted molar refractivity (Wildman–Crippen MR) is 125 cm³/mol. The van der Waals surface area contributed by atoms with Crippen LogP contribution in [0.2, 0.25) is 0 Å². The number of furan rings is 2. The molecule has 1 unspecified atom stereocenters. The average Bonchev–Trinajstić information content (AvgIpc) is 3.55. The van der Waals surface area contributed by atoms with E-state index < -0.39 is 11.6 Å². The summed E-state index contributed by atoms with van der Waals surface area (Å²) >= 11 is 0. The Bertz CT molecular complexity index is 1270. The predicted octanol–water partition coefficient (Wildman–Crippen LogP) is 4.00. The largest absolute Gasteiger partial charge is 0.467 e. The lowest BCUT2D eigenvalue weighted by Crippen LogP contribution is -2.50. The van der Waals surface area contributed by atoms with Gasteiger partial charge in [-0.15, -0.1) is 5.10 Å².